The van der Waals surface area contributed by atoms with Gasteiger partial charge in [0.15, 0.2) is 12.0 Å². The monoisotopic (exact) mass is 349 g/mol. The quantitative estimate of drug-likeness (QED) is 0.728. The molecule has 0 radical (unpaired) electrons. The van der Waals surface area contributed by atoms with Crippen LogP contribution in [0, 0.1) is 0 Å². The molecule has 6 nitrogen and oxygen atoms in total. The fraction of sp³-hybridized carbons (Fsp3) is 0.250. The highest BCUT2D eigenvalue weighted by atomic mass is 16.3. The number of rotatable bonds is 3. The van der Waals surface area contributed by atoms with Gasteiger partial charge in [0.05, 0.1) is 6.42 Å². The van der Waals surface area contributed by atoms with E-state index >= 15 is 0 Å². The Morgan fingerprint density at radius 2 is 1.69 bits per heavy atom. The number of carbonyl (C=O) groups is 2. The zero-order valence-corrected chi connectivity index (χ0v) is 14.3. The fourth-order valence-electron chi connectivity index (χ4n) is 3.21. The van der Waals surface area contributed by atoms with Crippen molar-refractivity contribution in [3.05, 3.63) is 66.1 Å². The van der Waals surface area contributed by atoms with Gasteiger partial charge in [0.1, 0.15) is 5.52 Å². The lowest BCUT2D eigenvalue weighted by Crippen LogP contribution is -2.51. The normalized spacial score (nSPS) is 14.6. The number of aromatic nitrogens is 1. The van der Waals surface area contributed by atoms with E-state index in [-0.39, 0.29) is 11.8 Å². The van der Waals surface area contributed by atoms with Crippen LogP contribution in [-0.2, 0) is 11.2 Å². The highest BCUT2D eigenvalue weighted by molar-refractivity contribution is 5.97. The highest BCUT2D eigenvalue weighted by Crippen LogP contribution is 2.17. The molecule has 0 bridgehead atoms. The molecule has 4 rings (SSSR count). The minimum Gasteiger partial charge on any atom is -0.443 e. The van der Waals surface area contributed by atoms with E-state index in [0.29, 0.717) is 43.7 Å². The molecule has 132 valence electrons. The summed E-state index contributed by atoms with van der Waals surface area (Å²) in [5.41, 5.74) is 2.93. The van der Waals surface area contributed by atoms with Crippen LogP contribution >= 0.6 is 0 Å². The third-order valence-electron chi connectivity index (χ3n) is 4.70. The molecule has 6 heteroatoms. The SMILES string of the molecule is O=C(Cc1ccccc1)N1CCN(C(=O)c2ccc3ncoc3c2)CC1. The molecule has 0 N–H and O–H groups in total. The average Bonchev–Trinajstić information content (AvgIpc) is 3.16. The second kappa shape index (κ2) is 7.00. The van der Waals surface area contributed by atoms with Gasteiger partial charge in [-0.15, -0.1) is 0 Å². The number of fused-ring (bicyclic) bond motifs is 1. The molecule has 1 aromatic heterocycles. The van der Waals surface area contributed by atoms with Gasteiger partial charge >= 0.3 is 0 Å². The van der Waals surface area contributed by atoms with Gasteiger partial charge < -0.3 is 14.2 Å². The van der Waals surface area contributed by atoms with Gasteiger partial charge in [-0.3, -0.25) is 9.59 Å². The number of carbonyl (C=O) groups excluding carboxylic acids is 2. The van der Waals surface area contributed by atoms with Crippen LogP contribution in [0.1, 0.15) is 15.9 Å². The molecule has 1 aliphatic rings. The van der Waals surface area contributed by atoms with Gasteiger partial charge in [-0.05, 0) is 23.8 Å². The lowest BCUT2D eigenvalue weighted by Gasteiger charge is -2.35. The third-order valence-corrected chi connectivity index (χ3v) is 4.70. The molecular weight excluding hydrogens is 330 g/mol. The minimum atomic E-state index is -0.0431. The summed E-state index contributed by atoms with van der Waals surface area (Å²) in [6.07, 6.45) is 1.77. The molecular formula is C20H19N3O3. The van der Waals surface area contributed by atoms with Crippen molar-refractivity contribution < 1.29 is 14.0 Å². The van der Waals surface area contributed by atoms with E-state index in [1.54, 1.807) is 23.1 Å². The Hall–Kier alpha value is -3.15. The number of nitrogens with zero attached hydrogens (tertiary/aromatic N) is 3. The fourth-order valence-corrected chi connectivity index (χ4v) is 3.21. The van der Waals surface area contributed by atoms with Gasteiger partial charge in [0.25, 0.3) is 5.91 Å². The van der Waals surface area contributed by atoms with Gasteiger partial charge in [-0.2, -0.15) is 0 Å². The lowest BCUT2D eigenvalue weighted by atomic mass is 10.1. The first kappa shape index (κ1) is 16.3. The molecule has 2 amide bonds. The summed E-state index contributed by atoms with van der Waals surface area (Å²) < 4.78 is 5.27. The number of oxazole rings is 1. The number of hydrogen-bond acceptors (Lipinski definition) is 4. The van der Waals surface area contributed by atoms with Gasteiger partial charge in [-0.1, -0.05) is 30.3 Å². The molecule has 1 aliphatic heterocycles. The Kier molecular flexibility index (Phi) is 4.39. The summed E-state index contributed by atoms with van der Waals surface area (Å²) in [5.74, 6) is 0.0600. The smallest absolute Gasteiger partial charge is 0.254 e. The first-order chi connectivity index (χ1) is 12.7. The zero-order chi connectivity index (χ0) is 17.9. The summed E-state index contributed by atoms with van der Waals surface area (Å²) >= 11 is 0. The van der Waals surface area contributed by atoms with Crippen LogP contribution in [-0.4, -0.2) is 52.8 Å². The Labute approximate surface area is 151 Å². The summed E-state index contributed by atoms with van der Waals surface area (Å²) in [7, 11) is 0. The van der Waals surface area contributed by atoms with E-state index in [1.807, 2.05) is 35.2 Å². The van der Waals surface area contributed by atoms with Crippen LogP contribution in [0.5, 0.6) is 0 Å². The van der Waals surface area contributed by atoms with Crippen LogP contribution in [0.4, 0.5) is 0 Å². The number of hydrogen-bond donors (Lipinski definition) is 0. The predicted molar refractivity (Wildman–Crippen MR) is 96.6 cm³/mol. The van der Waals surface area contributed by atoms with Crippen LogP contribution in [0.2, 0.25) is 0 Å². The molecule has 0 spiro atoms. The highest BCUT2D eigenvalue weighted by Gasteiger charge is 2.25. The van der Waals surface area contributed by atoms with E-state index in [0.717, 1.165) is 11.1 Å². The third kappa shape index (κ3) is 3.31. The van der Waals surface area contributed by atoms with Crippen LogP contribution in [0.25, 0.3) is 11.1 Å². The van der Waals surface area contributed by atoms with E-state index < -0.39 is 0 Å². The molecule has 1 saturated heterocycles. The summed E-state index contributed by atoms with van der Waals surface area (Å²) in [5, 5.41) is 0. The van der Waals surface area contributed by atoms with Gasteiger partial charge in [0.2, 0.25) is 5.91 Å². The Morgan fingerprint density at radius 1 is 0.962 bits per heavy atom. The van der Waals surface area contributed by atoms with Crippen molar-refractivity contribution in [2.45, 2.75) is 6.42 Å². The van der Waals surface area contributed by atoms with Crippen molar-refractivity contribution in [3.63, 3.8) is 0 Å². The van der Waals surface area contributed by atoms with E-state index in [4.69, 9.17) is 4.42 Å². The molecule has 0 atom stereocenters. The Balaban J connectivity index is 1.36. The summed E-state index contributed by atoms with van der Waals surface area (Å²) in [6.45, 7) is 2.19. The van der Waals surface area contributed by atoms with E-state index in [9.17, 15) is 9.59 Å². The maximum atomic E-state index is 12.7. The zero-order valence-electron chi connectivity index (χ0n) is 14.3. The molecule has 2 aromatic carbocycles. The van der Waals surface area contributed by atoms with Gasteiger partial charge in [0, 0.05) is 31.7 Å². The Bertz CT molecular complexity index is 928. The van der Waals surface area contributed by atoms with E-state index in [2.05, 4.69) is 4.98 Å². The first-order valence-electron chi connectivity index (χ1n) is 8.65. The molecule has 2 heterocycles. The van der Waals surface area contributed by atoms with Gasteiger partial charge in [-0.25, -0.2) is 4.98 Å². The maximum Gasteiger partial charge on any atom is 0.254 e. The lowest BCUT2D eigenvalue weighted by molar-refractivity contribution is -0.131. The van der Waals surface area contributed by atoms with Crippen LogP contribution in [0.3, 0.4) is 0 Å². The second-order valence-electron chi connectivity index (χ2n) is 6.37. The standard InChI is InChI=1S/C20H19N3O3/c24-19(12-15-4-2-1-3-5-15)22-8-10-23(11-9-22)20(25)16-6-7-17-18(13-16)26-14-21-17/h1-7,13-14H,8-12H2. The maximum absolute atomic E-state index is 12.7. The molecule has 26 heavy (non-hydrogen) atoms. The number of piperazine rings is 1. The van der Waals surface area contributed by atoms with Crippen molar-refractivity contribution in [3.8, 4) is 0 Å². The number of amides is 2. The number of benzene rings is 2. The average molecular weight is 349 g/mol. The molecule has 0 saturated carbocycles. The summed E-state index contributed by atoms with van der Waals surface area (Å²) in [6, 6.07) is 15.0. The van der Waals surface area contributed by atoms with Crippen molar-refractivity contribution in [1.29, 1.82) is 0 Å². The van der Waals surface area contributed by atoms with Crippen molar-refractivity contribution in [2.24, 2.45) is 0 Å². The minimum absolute atomic E-state index is 0.0431. The first-order valence-corrected chi connectivity index (χ1v) is 8.65. The Morgan fingerprint density at radius 3 is 2.46 bits per heavy atom. The van der Waals surface area contributed by atoms with Crippen molar-refractivity contribution in [2.75, 3.05) is 26.2 Å². The van der Waals surface area contributed by atoms with Crippen LogP contribution < -0.4 is 0 Å². The largest absolute Gasteiger partial charge is 0.443 e. The molecule has 1 fully saturated rings. The summed E-state index contributed by atoms with van der Waals surface area (Å²) in [4.78, 5) is 32.8. The predicted octanol–water partition coefficient (Wildman–Crippen LogP) is 2.35. The topological polar surface area (TPSA) is 66.7 Å². The second-order valence-corrected chi connectivity index (χ2v) is 6.37. The van der Waals surface area contributed by atoms with E-state index in [1.165, 1.54) is 6.39 Å². The molecule has 0 unspecified atom stereocenters. The van der Waals surface area contributed by atoms with Crippen molar-refractivity contribution in [1.82, 2.24) is 14.8 Å². The van der Waals surface area contributed by atoms with Crippen LogP contribution in [0.15, 0.2) is 59.3 Å². The molecule has 3 aromatic rings. The molecule has 0 aliphatic carbocycles. The van der Waals surface area contributed by atoms with Crippen molar-refractivity contribution >= 4 is 22.9 Å².